The van der Waals surface area contributed by atoms with Crippen molar-refractivity contribution in [3.8, 4) is 0 Å². The van der Waals surface area contributed by atoms with Gasteiger partial charge in [0.15, 0.2) is 30.5 Å². The Morgan fingerprint density at radius 2 is 1.30 bits per heavy atom. The van der Waals surface area contributed by atoms with Gasteiger partial charge < -0.3 is 29.0 Å². The Morgan fingerprint density at radius 1 is 0.787 bits per heavy atom. The number of aliphatic imine (C=N–C) groups is 1. The van der Waals surface area contributed by atoms with Gasteiger partial charge in [0.05, 0.1) is 22.2 Å². The topological polar surface area (TPSA) is 202 Å². The zero-order valence-corrected chi connectivity index (χ0v) is 28.3. The molecule has 2 aromatic rings. The van der Waals surface area contributed by atoms with E-state index < -0.39 is 66.3 Å². The number of aromatic nitrogens is 2. The highest BCUT2D eigenvalue weighted by atomic mass is 79.9. The van der Waals surface area contributed by atoms with E-state index in [0.717, 1.165) is 0 Å². The number of guanidine groups is 1. The average molecular weight is 723 g/mol. The first-order valence-electron chi connectivity index (χ1n) is 14.8. The number of halogens is 1. The normalized spacial score (nSPS) is 15.7. The Hall–Kier alpha value is -4.67. The van der Waals surface area contributed by atoms with E-state index in [2.05, 4.69) is 36.2 Å². The molecule has 0 saturated heterocycles. The first-order chi connectivity index (χ1) is 22.2. The molecule has 16 nitrogen and oxygen atoms in total. The first kappa shape index (κ1) is 36.8. The summed E-state index contributed by atoms with van der Waals surface area (Å²) >= 11 is 3.50. The summed E-state index contributed by atoms with van der Waals surface area (Å²) in [4.78, 5) is 88.6. The molecule has 17 heteroatoms. The molecule has 1 N–H and O–H groups in total. The SMILES string of the molecule is CCCC(=O)OC(C)C(=O)OC(C)C(=O)OC(C)C(=O)OC(C)C(=O)OC(C)C(=O)N1CCN=C1Nc1ccc2nccnc2c1Br. The van der Waals surface area contributed by atoms with E-state index in [4.69, 9.17) is 23.7 Å². The van der Waals surface area contributed by atoms with Gasteiger partial charge in [-0.05, 0) is 69.1 Å². The maximum Gasteiger partial charge on any atom is 0.347 e. The number of rotatable bonds is 13. The zero-order valence-electron chi connectivity index (χ0n) is 26.7. The van der Waals surface area contributed by atoms with Gasteiger partial charge in [-0.3, -0.25) is 29.4 Å². The Morgan fingerprint density at radius 3 is 1.85 bits per heavy atom. The van der Waals surface area contributed by atoms with Crippen LogP contribution >= 0.6 is 15.9 Å². The van der Waals surface area contributed by atoms with Gasteiger partial charge in [0.2, 0.25) is 5.96 Å². The van der Waals surface area contributed by atoms with E-state index in [1.807, 2.05) is 0 Å². The third-order valence-electron chi connectivity index (χ3n) is 6.54. The molecule has 254 valence electrons. The molecule has 5 atom stereocenters. The van der Waals surface area contributed by atoms with E-state index in [-0.39, 0.29) is 18.9 Å². The number of carbonyl (C=O) groups is 6. The van der Waals surface area contributed by atoms with Gasteiger partial charge in [0.1, 0.15) is 5.52 Å². The number of amides is 1. The van der Waals surface area contributed by atoms with Gasteiger partial charge in [-0.25, -0.2) is 19.2 Å². The average Bonchev–Trinajstić information content (AvgIpc) is 3.49. The fourth-order valence-corrected chi connectivity index (χ4v) is 4.53. The number of benzene rings is 1. The minimum Gasteiger partial charge on any atom is -0.451 e. The minimum atomic E-state index is -1.49. The number of carbonyl (C=O) groups excluding carboxylic acids is 6. The number of hydrogen-bond acceptors (Lipinski definition) is 15. The number of nitrogens with one attached hydrogen (secondary N) is 1. The fourth-order valence-electron chi connectivity index (χ4n) is 3.99. The van der Waals surface area contributed by atoms with Crippen LogP contribution in [0.25, 0.3) is 11.0 Å². The maximum atomic E-state index is 13.2. The second kappa shape index (κ2) is 16.8. The Kier molecular flexibility index (Phi) is 13.1. The summed E-state index contributed by atoms with van der Waals surface area (Å²) in [6.45, 7) is 8.59. The van der Waals surface area contributed by atoms with Crippen LogP contribution in [-0.2, 0) is 52.5 Å². The molecular formula is C30H36BrN5O11. The number of nitrogens with zero attached hydrogens (tertiary/aromatic N) is 4. The number of fused-ring (bicyclic) bond motifs is 1. The van der Waals surface area contributed by atoms with Crippen molar-refractivity contribution in [3.63, 3.8) is 0 Å². The Labute approximate surface area is 278 Å². The van der Waals surface area contributed by atoms with Crippen LogP contribution in [0.15, 0.2) is 34.0 Å². The highest BCUT2D eigenvalue weighted by molar-refractivity contribution is 9.10. The van der Waals surface area contributed by atoms with Crippen LogP contribution in [0.2, 0.25) is 0 Å². The highest BCUT2D eigenvalue weighted by Crippen LogP contribution is 2.29. The fraction of sp³-hybridized carbons (Fsp3) is 0.500. The van der Waals surface area contributed by atoms with Crippen LogP contribution in [0.1, 0.15) is 54.4 Å². The summed E-state index contributed by atoms with van der Waals surface area (Å²) in [5, 5.41) is 3.09. The van der Waals surface area contributed by atoms with Crippen molar-refractivity contribution >= 4 is 74.4 Å². The third kappa shape index (κ3) is 9.91. The number of anilines is 1. The smallest absolute Gasteiger partial charge is 0.347 e. The molecule has 5 unspecified atom stereocenters. The van der Waals surface area contributed by atoms with E-state index in [1.54, 1.807) is 31.5 Å². The molecule has 1 amide bonds. The van der Waals surface area contributed by atoms with E-state index in [9.17, 15) is 28.8 Å². The van der Waals surface area contributed by atoms with Crippen LogP contribution in [0.5, 0.6) is 0 Å². The molecule has 2 heterocycles. The summed E-state index contributed by atoms with van der Waals surface area (Å²) in [6.07, 6.45) is -3.15. The lowest BCUT2D eigenvalue weighted by molar-refractivity contribution is -0.186. The summed E-state index contributed by atoms with van der Waals surface area (Å²) < 4.78 is 25.8. The van der Waals surface area contributed by atoms with Crippen molar-refractivity contribution in [2.45, 2.75) is 84.9 Å². The Balaban J connectivity index is 1.48. The summed E-state index contributed by atoms with van der Waals surface area (Å²) in [6, 6.07) is 3.52. The second-order valence-corrected chi connectivity index (χ2v) is 11.2. The quantitative estimate of drug-likeness (QED) is 0.233. The van der Waals surface area contributed by atoms with Gasteiger partial charge in [0.25, 0.3) is 5.91 Å². The van der Waals surface area contributed by atoms with E-state index in [1.165, 1.54) is 39.5 Å². The number of ether oxygens (including phenoxy) is 5. The summed E-state index contributed by atoms with van der Waals surface area (Å²) in [5.74, 6) is -5.10. The van der Waals surface area contributed by atoms with Gasteiger partial charge in [-0.2, -0.15) is 0 Å². The zero-order chi connectivity index (χ0) is 34.8. The molecule has 1 aliphatic heterocycles. The first-order valence-corrected chi connectivity index (χ1v) is 15.6. The molecule has 0 aliphatic carbocycles. The molecule has 0 saturated carbocycles. The van der Waals surface area contributed by atoms with Crippen LogP contribution < -0.4 is 5.32 Å². The maximum absolute atomic E-state index is 13.2. The van der Waals surface area contributed by atoms with Crippen molar-refractivity contribution in [1.82, 2.24) is 14.9 Å². The van der Waals surface area contributed by atoms with Crippen LogP contribution in [0.3, 0.4) is 0 Å². The molecule has 0 bridgehead atoms. The van der Waals surface area contributed by atoms with Crippen LogP contribution in [0.4, 0.5) is 5.69 Å². The van der Waals surface area contributed by atoms with E-state index >= 15 is 0 Å². The van der Waals surface area contributed by atoms with Crippen LogP contribution in [0, 0.1) is 0 Å². The van der Waals surface area contributed by atoms with Crippen LogP contribution in [-0.4, -0.2) is 100 Å². The van der Waals surface area contributed by atoms with Crippen molar-refractivity contribution in [2.24, 2.45) is 4.99 Å². The van der Waals surface area contributed by atoms with Gasteiger partial charge in [0, 0.05) is 25.4 Å². The van der Waals surface area contributed by atoms with Crippen molar-refractivity contribution in [1.29, 1.82) is 0 Å². The Bertz CT molecular complexity index is 1550. The molecule has 0 radical (unpaired) electrons. The van der Waals surface area contributed by atoms with Crippen molar-refractivity contribution < 1.29 is 52.5 Å². The molecule has 47 heavy (non-hydrogen) atoms. The number of esters is 5. The highest BCUT2D eigenvalue weighted by Gasteiger charge is 2.34. The van der Waals surface area contributed by atoms with Gasteiger partial charge in [-0.1, -0.05) is 6.92 Å². The summed E-state index contributed by atoms with van der Waals surface area (Å²) in [5.41, 5.74) is 1.87. The molecular weight excluding hydrogens is 686 g/mol. The standard InChI is InChI=1S/C30H36BrN5O11/c1-7-8-22(37)43-16(3)26(39)45-18(5)28(41)47-19(6)29(42)46-17(4)27(40)44-15(2)25(38)36-14-13-34-30(36)35-20-9-10-21-24(23(20)31)33-12-11-32-21/h9-12,15-19H,7-8,13-14H2,1-6H3,(H,34,35). The lowest BCUT2D eigenvalue weighted by Crippen LogP contribution is -2.45. The lowest BCUT2D eigenvalue weighted by atomic mass is 10.2. The monoisotopic (exact) mass is 721 g/mol. The van der Waals surface area contributed by atoms with Gasteiger partial charge in [-0.15, -0.1) is 0 Å². The number of hydrogen-bond donors (Lipinski definition) is 1. The predicted octanol–water partition coefficient (Wildman–Crippen LogP) is 2.46. The second-order valence-electron chi connectivity index (χ2n) is 10.4. The van der Waals surface area contributed by atoms with Crippen molar-refractivity contribution in [3.05, 3.63) is 29.0 Å². The molecule has 3 rings (SSSR count). The minimum absolute atomic E-state index is 0.114. The predicted molar refractivity (Wildman–Crippen MR) is 168 cm³/mol. The van der Waals surface area contributed by atoms with Gasteiger partial charge >= 0.3 is 29.8 Å². The van der Waals surface area contributed by atoms with Crippen molar-refractivity contribution in [2.75, 3.05) is 18.4 Å². The lowest BCUT2D eigenvalue weighted by Gasteiger charge is -2.24. The largest absolute Gasteiger partial charge is 0.451 e. The third-order valence-corrected chi connectivity index (χ3v) is 7.34. The molecule has 1 aromatic carbocycles. The molecule has 0 fully saturated rings. The summed E-state index contributed by atoms with van der Waals surface area (Å²) in [7, 11) is 0. The molecule has 0 spiro atoms. The van der Waals surface area contributed by atoms with E-state index in [0.29, 0.717) is 34.2 Å². The molecule has 1 aliphatic rings. The molecule has 1 aromatic heterocycles.